The molecule has 7 heteroatoms. The Morgan fingerprint density at radius 1 is 1.00 bits per heavy atom. The maximum absolute atomic E-state index is 12.1. The summed E-state index contributed by atoms with van der Waals surface area (Å²) in [5, 5.41) is 5.25. The fraction of sp³-hybridized carbons (Fsp3) is 0.176. The van der Waals surface area contributed by atoms with E-state index in [0.29, 0.717) is 11.4 Å². The average Bonchev–Trinajstić information content (AvgIpc) is 2.56. The van der Waals surface area contributed by atoms with Crippen LogP contribution in [-0.4, -0.2) is 28.9 Å². The molecule has 2 aromatic rings. The number of aromatic nitrogens is 1. The molecule has 0 radical (unpaired) electrons. The predicted molar refractivity (Wildman–Crippen MR) is 88.5 cm³/mol. The van der Waals surface area contributed by atoms with Gasteiger partial charge in [0.05, 0.1) is 0 Å². The summed E-state index contributed by atoms with van der Waals surface area (Å²) in [6.45, 7) is 2.88. The highest BCUT2D eigenvalue weighted by atomic mass is 16.5. The zero-order valence-corrected chi connectivity index (χ0v) is 13.3. The first-order valence-corrected chi connectivity index (χ1v) is 7.26. The number of rotatable bonds is 5. The van der Waals surface area contributed by atoms with Crippen LogP contribution < -0.4 is 10.6 Å². The Balaban J connectivity index is 1.91. The van der Waals surface area contributed by atoms with E-state index >= 15 is 0 Å². The molecule has 0 bridgehead atoms. The number of nitrogens with zero attached hydrogens (tertiary/aromatic N) is 1. The summed E-state index contributed by atoms with van der Waals surface area (Å²) in [6.07, 6.45) is 0.493. The predicted octanol–water partition coefficient (Wildman–Crippen LogP) is 2.22. The van der Waals surface area contributed by atoms with E-state index in [-0.39, 0.29) is 11.6 Å². The smallest absolute Gasteiger partial charge is 0.357 e. The first-order valence-electron chi connectivity index (χ1n) is 7.26. The van der Waals surface area contributed by atoms with Crippen LogP contribution in [0.3, 0.4) is 0 Å². The Morgan fingerprint density at radius 2 is 1.62 bits per heavy atom. The summed E-state index contributed by atoms with van der Waals surface area (Å²) in [5.41, 5.74) is 1.28. The molecule has 24 heavy (non-hydrogen) atoms. The van der Waals surface area contributed by atoms with Gasteiger partial charge in [0.1, 0.15) is 5.69 Å². The third-order valence-corrected chi connectivity index (χ3v) is 3.00. The molecule has 0 saturated heterocycles. The highest BCUT2D eigenvalue weighted by Gasteiger charge is 2.19. The van der Waals surface area contributed by atoms with Crippen molar-refractivity contribution in [2.24, 2.45) is 0 Å². The summed E-state index contributed by atoms with van der Waals surface area (Å²) in [5.74, 6) is -1.31. The van der Waals surface area contributed by atoms with Gasteiger partial charge in [0.15, 0.2) is 6.10 Å². The molecular formula is C17H17N3O4. The number of ether oxygens (including phenoxy) is 1. The highest BCUT2D eigenvalue weighted by molar-refractivity contribution is 5.97. The van der Waals surface area contributed by atoms with Gasteiger partial charge in [-0.1, -0.05) is 6.07 Å². The molecular weight excluding hydrogens is 310 g/mol. The van der Waals surface area contributed by atoms with Crippen LogP contribution in [-0.2, 0) is 14.3 Å². The molecule has 124 valence electrons. The first kappa shape index (κ1) is 17.1. The Morgan fingerprint density at radius 3 is 2.17 bits per heavy atom. The molecule has 2 amide bonds. The summed E-state index contributed by atoms with van der Waals surface area (Å²) in [7, 11) is 0. The Hall–Kier alpha value is -3.22. The van der Waals surface area contributed by atoms with Crippen LogP contribution in [0.15, 0.2) is 48.7 Å². The third-order valence-electron chi connectivity index (χ3n) is 3.00. The molecule has 1 unspecified atom stereocenters. The molecule has 0 saturated carbocycles. The van der Waals surface area contributed by atoms with E-state index in [1.54, 1.807) is 36.4 Å². The van der Waals surface area contributed by atoms with Gasteiger partial charge < -0.3 is 15.4 Å². The maximum Gasteiger partial charge on any atom is 0.357 e. The monoisotopic (exact) mass is 327 g/mol. The van der Waals surface area contributed by atoms with Gasteiger partial charge in [0.2, 0.25) is 5.91 Å². The molecule has 1 aromatic carbocycles. The highest BCUT2D eigenvalue weighted by Crippen LogP contribution is 2.14. The van der Waals surface area contributed by atoms with Crippen LogP contribution in [0.4, 0.5) is 11.4 Å². The lowest BCUT2D eigenvalue weighted by Gasteiger charge is -2.13. The lowest BCUT2D eigenvalue weighted by molar-refractivity contribution is -0.123. The van der Waals surface area contributed by atoms with Gasteiger partial charge in [-0.15, -0.1) is 0 Å². The fourth-order valence-corrected chi connectivity index (χ4v) is 1.84. The largest absolute Gasteiger partial charge is 0.448 e. The van der Waals surface area contributed by atoms with Gasteiger partial charge in [-0.05, 0) is 43.3 Å². The molecule has 2 rings (SSSR count). The summed E-state index contributed by atoms with van der Waals surface area (Å²) >= 11 is 0. The van der Waals surface area contributed by atoms with E-state index in [1.165, 1.54) is 26.1 Å². The standard InChI is InChI=1S/C17H17N3O4/c1-11(24-17(23)15-5-3-4-10-18-15)16(22)20-14-8-6-13(7-9-14)19-12(2)21/h3-11H,1-2H3,(H,19,21)(H,20,22). The van der Waals surface area contributed by atoms with Gasteiger partial charge in [-0.2, -0.15) is 0 Å². The molecule has 0 spiro atoms. The van der Waals surface area contributed by atoms with E-state index in [1.807, 2.05) is 0 Å². The van der Waals surface area contributed by atoms with Crippen molar-refractivity contribution in [2.75, 3.05) is 10.6 Å². The minimum atomic E-state index is -0.977. The quantitative estimate of drug-likeness (QED) is 0.821. The van der Waals surface area contributed by atoms with Crippen LogP contribution in [0.25, 0.3) is 0 Å². The minimum Gasteiger partial charge on any atom is -0.448 e. The Kier molecular flexibility index (Phi) is 5.62. The molecule has 0 aliphatic carbocycles. The van der Waals surface area contributed by atoms with Crippen LogP contribution in [0.5, 0.6) is 0 Å². The molecule has 0 aliphatic rings. The van der Waals surface area contributed by atoms with E-state index in [2.05, 4.69) is 15.6 Å². The van der Waals surface area contributed by atoms with Crippen LogP contribution in [0.2, 0.25) is 0 Å². The van der Waals surface area contributed by atoms with Crippen molar-refractivity contribution >= 4 is 29.2 Å². The van der Waals surface area contributed by atoms with Crippen molar-refractivity contribution in [1.29, 1.82) is 0 Å². The molecule has 0 aliphatic heterocycles. The number of pyridine rings is 1. The molecule has 1 heterocycles. The number of carbonyl (C=O) groups is 3. The third kappa shape index (κ3) is 4.91. The van der Waals surface area contributed by atoms with Gasteiger partial charge >= 0.3 is 5.97 Å². The van der Waals surface area contributed by atoms with Gasteiger partial charge in [-0.3, -0.25) is 9.59 Å². The Labute approximate surface area is 139 Å². The SMILES string of the molecule is CC(=O)Nc1ccc(NC(=O)C(C)OC(=O)c2ccccn2)cc1. The average molecular weight is 327 g/mol. The summed E-state index contributed by atoms with van der Waals surface area (Å²) in [6, 6.07) is 11.4. The zero-order chi connectivity index (χ0) is 17.5. The zero-order valence-electron chi connectivity index (χ0n) is 13.3. The number of anilines is 2. The van der Waals surface area contributed by atoms with E-state index in [9.17, 15) is 14.4 Å². The number of hydrogen-bond acceptors (Lipinski definition) is 5. The first-order chi connectivity index (χ1) is 11.5. The number of carbonyl (C=O) groups excluding carboxylic acids is 3. The second-order valence-corrected chi connectivity index (χ2v) is 5.01. The van der Waals surface area contributed by atoms with E-state index in [4.69, 9.17) is 4.74 Å². The number of hydrogen-bond donors (Lipinski definition) is 2. The van der Waals surface area contributed by atoms with Crippen LogP contribution in [0.1, 0.15) is 24.3 Å². The normalized spacial score (nSPS) is 11.2. The van der Waals surface area contributed by atoms with Gasteiger partial charge in [-0.25, -0.2) is 9.78 Å². The molecule has 2 N–H and O–H groups in total. The summed E-state index contributed by atoms with van der Waals surface area (Å²) < 4.78 is 5.08. The van der Waals surface area contributed by atoms with Crippen molar-refractivity contribution in [3.05, 3.63) is 54.4 Å². The number of benzene rings is 1. The van der Waals surface area contributed by atoms with Crippen molar-refractivity contribution in [2.45, 2.75) is 20.0 Å². The second kappa shape index (κ2) is 7.87. The van der Waals surface area contributed by atoms with E-state index in [0.717, 1.165) is 0 Å². The molecule has 7 nitrogen and oxygen atoms in total. The topological polar surface area (TPSA) is 97.4 Å². The van der Waals surface area contributed by atoms with Crippen LogP contribution in [0, 0.1) is 0 Å². The molecule has 1 atom stereocenters. The van der Waals surface area contributed by atoms with Crippen molar-refractivity contribution in [1.82, 2.24) is 4.98 Å². The fourth-order valence-electron chi connectivity index (χ4n) is 1.84. The van der Waals surface area contributed by atoms with Crippen molar-refractivity contribution in [3.63, 3.8) is 0 Å². The minimum absolute atomic E-state index is 0.136. The van der Waals surface area contributed by atoms with Gasteiger partial charge in [0.25, 0.3) is 5.91 Å². The molecule has 1 aromatic heterocycles. The molecule has 0 fully saturated rings. The number of nitrogens with one attached hydrogen (secondary N) is 2. The maximum atomic E-state index is 12.1. The Bertz CT molecular complexity index is 729. The van der Waals surface area contributed by atoms with Crippen molar-refractivity contribution in [3.8, 4) is 0 Å². The van der Waals surface area contributed by atoms with Crippen LogP contribution >= 0.6 is 0 Å². The number of esters is 1. The van der Waals surface area contributed by atoms with E-state index < -0.39 is 18.0 Å². The lowest BCUT2D eigenvalue weighted by Crippen LogP contribution is -2.30. The van der Waals surface area contributed by atoms with Gasteiger partial charge in [0, 0.05) is 24.5 Å². The second-order valence-electron chi connectivity index (χ2n) is 5.01. The lowest BCUT2D eigenvalue weighted by atomic mass is 10.2. The number of amides is 2. The van der Waals surface area contributed by atoms with Crippen molar-refractivity contribution < 1.29 is 19.1 Å². The summed E-state index contributed by atoms with van der Waals surface area (Å²) in [4.78, 5) is 38.7.